The fourth-order valence-corrected chi connectivity index (χ4v) is 4.17. The summed E-state index contributed by atoms with van der Waals surface area (Å²) in [5.41, 5.74) is 1.03. The molecule has 4 rings (SSSR count). The van der Waals surface area contributed by atoms with Gasteiger partial charge in [0.05, 0.1) is 5.92 Å². The average molecular weight is 331 g/mol. The van der Waals surface area contributed by atoms with Crippen molar-refractivity contribution in [3.63, 3.8) is 0 Å². The molecule has 0 spiro atoms. The van der Waals surface area contributed by atoms with Crippen LogP contribution in [0.4, 0.5) is 4.39 Å². The Morgan fingerprint density at radius 1 is 1.33 bits per heavy atom. The van der Waals surface area contributed by atoms with Crippen molar-refractivity contribution in [2.75, 3.05) is 19.6 Å². The molecule has 2 aliphatic heterocycles. The van der Waals surface area contributed by atoms with Gasteiger partial charge in [-0.15, -0.1) is 0 Å². The Morgan fingerprint density at radius 3 is 2.88 bits per heavy atom. The number of alkyl halides is 1. The number of hydrogen-bond acceptors (Lipinski definition) is 3. The maximum atomic E-state index is 13.0. The maximum absolute atomic E-state index is 13.0. The first-order valence-corrected chi connectivity index (χ1v) is 8.72. The van der Waals surface area contributed by atoms with E-state index in [1.807, 2.05) is 17.0 Å². The molecular weight excluding hydrogens is 309 g/mol. The van der Waals surface area contributed by atoms with Crippen LogP contribution in [0.2, 0.25) is 0 Å². The second kappa shape index (κ2) is 6.15. The predicted molar refractivity (Wildman–Crippen MR) is 85.5 cm³/mol. The second-order valence-corrected chi connectivity index (χ2v) is 7.29. The highest BCUT2D eigenvalue weighted by atomic mass is 19.1. The molecule has 5 nitrogen and oxygen atoms in total. The summed E-state index contributed by atoms with van der Waals surface area (Å²) >= 11 is 0. The summed E-state index contributed by atoms with van der Waals surface area (Å²) in [7, 11) is 0. The SMILES string of the molecule is O=C(C1CC(F)C1)N1C[C@H]2CCN(Cc3cccnc3)C(=O)[C@H]2C1. The molecule has 3 heterocycles. The van der Waals surface area contributed by atoms with E-state index in [9.17, 15) is 14.0 Å². The standard InChI is InChI=1S/C18H22FN3O2/c19-15-6-14(7-15)17(23)22-10-13-3-5-21(18(24)16(13)11-22)9-12-2-1-4-20-8-12/h1-2,4,8,13-16H,3,5-7,9-11H2/t13-,14?,15?,16+/m1/s1. The average Bonchev–Trinajstić information content (AvgIpc) is 3.00. The molecular formula is C18H22FN3O2. The number of amides is 2. The van der Waals surface area contributed by atoms with E-state index in [4.69, 9.17) is 0 Å². The van der Waals surface area contributed by atoms with E-state index in [-0.39, 0.29) is 29.6 Å². The highest BCUT2D eigenvalue weighted by Gasteiger charge is 2.46. The highest BCUT2D eigenvalue weighted by Crippen LogP contribution is 2.37. The van der Waals surface area contributed by atoms with Gasteiger partial charge in [0.25, 0.3) is 0 Å². The number of aromatic nitrogens is 1. The first-order valence-electron chi connectivity index (χ1n) is 8.72. The molecule has 1 saturated carbocycles. The smallest absolute Gasteiger partial charge is 0.228 e. The summed E-state index contributed by atoms with van der Waals surface area (Å²) in [6, 6.07) is 3.85. The number of hydrogen-bond donors (Lipinski definition) is 0. The molecule has 24 heavy (non-hydrogen) atoms. The summed E-state index contributed by atoms with van der Waals surface area (Å²) in [6.45, 7) is 2.46. The van der Waals surface area contributed by atoms with Crippen LogP contribution in [0.1, 0.15) is 24.8 Å². The van der Waals surface area contributed by atoms with Crippen LogP contribution in [0.15, 0.2) is 24.5 Å². The van der Waals surface area contributed by atoms with Gasteiger partial charge in [0.1, 0.15) is 6.17 Å². The second-order valence-electron chi connectivity index (χ2n) is 7.29. The normalized spacial score (nSPS) is 32.5. The third-order valence-electron chi connectivity index (χ3n) is 5.68. The molecule has 0 aromatic carbocycles. The van der Waals surface area contributed by atoms with Gasteiger partial charge in [-0.3, -0.25) is 14.6 Å². The van der Waals surface area contributed by atoms with Gasteiger partial charge in [0.2, 0.25) is 11.8 Å². The largest absolute Gasteiger partial charge is 0.341 e. The van der Waals surface area contributed by atoms with Crippen LogP contribution in [0.25, 0.3) is 0 Å². The van der Waals surface area contributed by atoms with Crippen LogP contribution in [0.3, 0.4) is 0 Å². The number of rotatable bonds is 3. The molecule has 0 bridgehead atoms. The fourth-order valence-electron chi connectivity index (χ4n) is 4.17. The molecule has 128 valence electrons. The van der Waals surface area contributed by atoms with E-state index in [0.717, 1.165) is 18.5 Å². The van der Waals surface area contributed by atoms with E-state index >= 15 is 0 Å². The Labute approximate surface area is 140 Å². The van der Waals surface area contributed by atoms with E-state index in [2.05, 4.69) is 4.98 Å². The molecule has 2 atom stereocenters. The molecule has 0 unspecified atom stereocenters. The van der Waals surface area contributed by atoms with Gasteiger partial charge >= 0.3 is 0 Å². The lowest BCUT2D eigenvalue weighted by Crippen LogP contribution is -2.45. The van der Waals surface area contributed by atoms with Crippen LogP contribution in [-0.2, 0) is 16.1 Å². The molecule has 2 amide bonds. The first kappa shape index (κ1) is 15.5. The Kier molecular flexibility index (Phi) is 3.98. The van der Waals surface area contributed by atoms with Crippen LogP contribution in [0, 0.1) is 17.8 Å². The zero-order chi connectivity index (χ0) is 16.7. The zero-order valence-electron chi connectivity index (χ0n) is 13.6. The summed E-state index contributed by atoms with van der Waals surface area (Å²) in [5.74, 6) is 0.183. The number of piperidine rings is 1. The van der Waals surface area contributed by atoms with Crippen molar-refractivity contribution in [2.24, 2.45) is 17.8 Å². The summed E-state index contributed by atoms with van der Waals surface area (Å²) in [6.07, 6.45) is 4.32. The van der Waals surface area contributed by atoms with Crippen molar-refractivity contribution in [1.29, 1.82) is 0 Å². The molecule has 0 radical (unpaired) electrons. The first-order chi connectivity index (χ1) is 11.6. The quantitative estimate of drug-likeness (QED) is 0.846. The van der Waals surface area contributed by atoms with Gasteiger partial charge in [-0.05, 0) is 36.8 Å². The summed E-state index contributed by atoms with van der Waals surface area (Å²) in [5, 5.41) is 0. The number of nitrogens with zero attached hydrogens (tertiary/aromatic N) is 3. The lowest BCUT2D eigenvalue weighted by Gasteiger charge is -2.33. The number of fused-ring (bicyclic) bond motifs is 1. The third-order valence-corrected chi connectivity index (χ3v) is 5.68. The highest BCUT2D eigenvalue weighted by molar-refractivity contribution is 5.84. The predicted octanol–water partition coefficient (Wildman–Crippen LogP) is 1.64. The van der Waals surface area contributed by atoms with E-state index < -0.39 is 6.17 Å². The number of pyridine rings is 1. The number of halogens is 1. The van der Waals surface area contributed by atoms with Crippen molar-refractivity contribution in [3.8, 4) is 0 Å². The number of carbonyl (C=O) groups is 2. The Hall–Kier alpha value is -1.98. The van der Waals surface area contributed by atoms with E-state index in [1.165, 1.54) is 0 Å². The van der Waals surface area contributed by atoms with Crippen molar-refractivity contribution in [1.82, 2.24) is 14.8 Å². The minimum atomic E-state index is -0.819. The van der Waals surface area contributed by atoms with Gasteiger partial charge in [-0.25, -0.2) is 4.39 Å². The monoisotopic (exact) mass is 331 g/mol. The summed E-state index contributed by atoms with van der Waals surface area (Å²) in [4.78, 5) is 33.0. The Morgan fingerprint density at radius 2 is 2.17 bits per heavy atom. The lowest BCUT2D eigenvalue weighted by molar-refractivity contribution is -0.141. The van der Waals surface area contributed by atoms with Crippen LogP contribution >= 0.6 is 0 Å². The molecule has 0 N–H and O–H groups in total. The minimum Gasteiger partial charge on any atom is -0.341 e. The van der Waals surface area contributed by atoms with Gasteiger partial charge in [0.15, 0.2) is 0 Å². The van der Waals surface area contributed by atoms with Crippen molar-refractivity contribution in [2.45, 2.75) is 32.0 Å². The lowest BCUT2D eigenvalue weighted by atomic mass is 9.82. The van der Waals surface area contributed by atoms with Crippen molar-refractivity contribution >= 4 is 11.8 Å². The molecule has 1 aliphatic carbocycles. The van der Waals surface area contributed by atoms with Crippen molar-refractivity contribution in [3.05, 3.63) is 30.1 Å². The van der Waals surface area contributed by atoms with E-state index in [0.29, 0.717) is 32.5 Å². The minimum absolute atomic E-state index is 0.0462. The number of carbonyl (C=O) groups excluding carboxylic acids is 2. The topological polar surface area (TPSA) is 53.5 Å². The van der Waals surface area contributed by atoms with Crippen LogP contribution < -0.4 is 0 Å². The molecule has 6 heteroatoms. The van der Waals surface area contributed by atoms with Gasteiger partial charge in [-0.2, -0.15) is 0 Å². The van der Waals surface area contributed by atoms with Gasteiger partial charge in [0, 0.05) is 44.5 Å². The van der Waals surface area contributed by atoms with Gasteiger partial charge in [-0.1, -0.05) is 6.07 Å². The van der Waals surface area contributed by atoms with Crippen molar-refractivity contribution < 1.29 is 14.0 Å². The number of likely N-dealkylation sites (tertiary alicyclic amines) is 2. The third kappa shape index (κ3) is 2.78. The molecule has 1 aromatic rings. The Balaban J connectivity index is 1.39. The van der Waals surface area contributed by atoms with E-state index in [1.54, 1.807) is 17.3 Å². The summed E-state index contributed by atoms with van der Waals surface area (Å²) < 4.78 is 13.0. The van der Waals surface area contributed by atoms with Crippen LogP contribution in [-0.4, -0.2) is 52.4 Å². The van der Waals surface area contributed by atoms with Crippen LogP contribution in [0.5, 0.6) is 0 Å². The molecule has 3 aliphatic rings. The molecule has 3 fully saturated rings. The molecule has 2 saturated heterocycles. The Bertz CT molecular complexity index is 632. The van der Waals surface area contributed by atoms with Gasteiger partial charge < -0.3 is 9.80 Å². The molecule has 1 aromatic heterocycles. The zero-order valence-corrected chi connectivity index (χ0v) is 13.6. The fraction of sp³-hybridized carbons (Fsp3) is 0.611. The maximum Gasteiger partial charge on any atom is 0.228 e.